The van der Waals surface area contributed by atoms with Gasteiger partial charge in [0.1, 0.15) is 0 Å². The maximum Gasteiger partial charge on any atom is 0.0265 e. The lowest BCUT2D eigenvalue weighted by molar-refractivity contribution is 1.52. The van der Waals surface area contributed by atoms with Crippen LogP contribution in [0, 0.1) is 6.92 Å². The molecule has 0 saturated heterocycles. The highest BCUT2D eigenvalue weighted by Crippen LogP contribution is 2.30. The molecule has 0 bridgehead atoms. The van der Waals surface area contributed by atoms with E-state index in [0.29, 0.717) is 0 Å². The van der Waals surface area contributed by atoms with E-state index in [1.165, 1.54) is 31.6 Å². The number of hydrogen-bond donors (Lipinski definition) is 0. The minimum absolute atomic E-state index is 1.13. The average molecular weight is 507 g/mol. The summed E-state index contributed by atoms with van der Waals surface area (Å²) in [7, 11) is 0. The van der Waals surface area contributed by atoms with Crippen molar-refractivity contribution in [1.82, 2.24) is 0 Å². The summed E-state index contributed by atoms with van der Waals surface area (Å²) in [6.07, 6.45) is 0. The van der Waals surface area contributed by atoms with Crippen molar-refractivity contribution in [2.45, 2.75) is 6.92 Å². The SMILES string of the molecule is Brc1cccc2cccc(Br)c12.Cc1cccc2cccc(Br)c12. The Labute approximate surface area is 167 Å². The molecule has 24 heavy (non-hydrogen) atoms. The van der Waals surface area contributed by atoms with Crippen molar-refractivity contribution in [2.24, 2.45) is 0 Å². The second kappa shape index (κ2) is 7.81. The molecule has 120 valence electrons. The second-order valence-electron chi connectivity index (χ2n) is 5.49. The van der Waals surface area contributed by atoms with Crippen molar-refractivity contribution < 1.29 is 0 Å². The monoisotopic (exact) mass is 504 g/mol. The molecule has 0 radical (unpaired) electrons. The maximum absolute atomic E-state index is 3.55. The van der Waals surface area contributed by atoms with Gasteiger partial charge in [0.2, 0.25) is 0 Å². The quantitative estimate of drug-likeness (QED) is 0.225. The highest BCUT2D eigenvalue weighted by molar-refractivity contribution is 9.11. The predicted octanol–water partition coefficient (Wildman–Crippen LogP) is 8.28. The topological polar surface area (TPSA) is 0 Å². The van der Waals surface area contributed by atoms with Crippen LogP contribution in [0.3, 0.4) is 0 Å². The van der Waals surface area contributed by atoms with Crippen LogP contribution >= 0.6 is 47.8 Å². The normalized spacial score (nSPS) is 10.5. The van der Waals surface area contributed by atoms with Gasteiger partial charge in [0, 0.05) is 18.8 Å². The first-order valence-corrected chi connectivity index (χ1v) is 9.92. The summed E-state index contributed by atoms with van der Waals surface area (Å²) in [6.45, 7) is 2.13. The van der Waals surface area contributed by atoms with Crippen LogP contribution in [0.4, 0.5) is 0 Å². The van der Waals surface area contributed by atoms with Gasteiger partial charge in [-0.1, -0.05) is 102 Å². The fourth-order valence-corrected chi connectivity index (χ4v) is 4.88. The van der Waals surface area contributed by atoms with E-state index in [1.807, 2.05) is 24.3 Å². The zero-order valence-electron chi connectivity index (χ0n) is 13.1. The molecule has 0 aliphatic carbocycles. The first-order valence-electron chi connectivity index (χ1n) is 7.54. The summed E-state index contributed by atoms with van der Waals surface area (Å²) in [5.74, 6) is 0. The minimum atomic E-state index is 1.13. The third-order valence-corrected chi connectivity index (χ3v) is 5.85. The molecule has 3 heteroatoms. The van der Waals surface area contributed by atoms with Gasteiger partial charge in [-0.3, -0.25) is 0 Å². The van der Waals surface area contributed by atoms with Gasteiger partial charge >= 0.3 is 0 Å². The van der Waals surface area contributed by atoms with Crippen LogP contribution < -0.4 is 0 Å². The molecule has 4 aromatic carbocycles. The van der Waals surface area contributed by atoms with Crippen LogP contribution in [-0.2, 0) is 0 Å². The predicted molar refractivity (Wildman–Crippen MR) is 116 cm³/mol. The van der Waals surface area contributed by atoms with E-state index >= 15 is 0 Å². The van der Waals surface area contributed by atoms with Crippen molar-refractivity contribution in [3.63, 3.8) is 0 Å². The number of halogens is 3. The van der Waals surface area contributed by atoms with E-state index < -0.39 is 0 Å². The molecule has 0 aliphatic rings. The summed E-state index contributed by atoms with van der Waals surface area (Å²) in [5, 5.41) is 5.10. The molecule has 4 aromatic rings. The Hall–Kier alpha value is -1.16. The Kier molecular flexibility index (Phi) is 5.75. The number of aryl methyl sites for hydroxylation is 1. The van der Waals surface area contributed by atoms with Crippen molar-refractivity contribution in [2.75, 3.05) is 0 Å². The first-order chi connectivity index (χ1) is 11.6. The Morgan fingerprint density at radius 3 is 1.29 bits per heavy atom. The fourth-order valence-electron chi connectivity index (χ4n) is 2.73. The van der Waals surface area contributed by atoms with Crippen LogP contribution in [-0.4, -0.2) is 0 Å². The molecule has 0 amide bonds. The number of hydrogen-bond acceptors (Lipinski definition) is 0. The Balaban J connectivity index is 0.000000141. The molecule has 0 fully saturated rings. The molecule has 0 aliphatic heterocycles. The fraction of sp³-hybridized carbons (Fsp3) is 0.0476. The lowest BCUT2D eigenvalue weighted by atomic mass is 10.1. The highest BCUT2D eigenvalue weighted by atomic mass is 79.9. The molecule has 0 spiro atoms. The van der Waals surface area contributed by atoms with Crippen LogP contribution in [0.25, 0.3) is 21.5 Å². The van der Waals surface area contributed by atoms with E-state index in [-0.39, 0.29) is 0 Å². The maximum atomic E-state index is 3.55. The van der Waals surface area contributed by atoms with Gasteiger partial charge in [-0.25, -0.2) is 0 Å². The van der Waals surface area contributed by atoms with Gasteiger partial charge in [-0.2, -0.15) is 0 Å². The highest BCUT2D eigenvalue weighted by Gasteiger charge is 2.00. The standard InChI is InChI=1S/C11H9Br.C10H6Br2/c1-8-4-2-5-9-6-3-7-10(12)11(8)9;11-8-5-1-3-7-4-2-6-9(12)10(7)8/h2-7H,1H3;1-6H. The number of fused-ring (bicyclic) bond motifs is 2. The van der Waals surface area contributed by atoms with E-state index in [0.717, 1.165) is 8.95 Å². The van der Waals surface area contributed by atoms with Gasteiger partial charge in [-0.05, 0) is 46.8 Å². The van der Waals surface area contributed by atoms with Gasteiger partial charge in [-0.15, -0.1) is 0 Å². The summed E-state index contributed by atoms with van der Waals surface area (Å²) in [5.41, 5.74) is 1.32. The Morgan fingerprint density at radius 2 is 0.875 bits per heavy atom. The van der Waals surface area contributed by atoms with Crippen LogP contribution in [0.1, 0.15) is 5.56 Å². The number of benzene rings is 4. The smallest absolute Gasteiger partial charge is 0.0265 e. The van der Waals surface area contributed by atoms with Crippen molar-refractivity contribution >= 4 is 69.3 Å². The summed E-state index contributed by atoms with van der Waals surface area (Å²) in [4.78, 5) is 0. The van der Waals surface area contributed by atoms with Crippen LogP contribution in [0.15, 0.2) is 86.2 Å². The first kappa shape index (κ1) is 17.7. The molecule has 0 heterocycles. The molecule has 0 N–H and O–H groups in total. The third kappa shape index (κ3) is 3.74. The van der Waals surface area contributed by atoms with Gasteiger partial charge in [0.25, 0.3) is 0 Å². The molecule has 0 atom stereocenters. The molecule has 0 saturated carbocycles. The Bertz CT molecular complexity index is 849. The minimum Gasteiger partial charge on any atom is -0.0614 e. The lowest BCUT2D eigenvalue weighted by Gasteiger charge is -2.02. The average Bonchev–Trinajstić information content (AvgIpc) is 2.56. The molecule has 4 rings (SSSR count). The van der Waals surface area contributed by atoms with Gasteiger partial charge in [0.05, 0.1) is 0 Å². The summed E-state index contributed by atoms with van der Waals surface area (Å²) in [6, 6.07) is 25.0. The largest absolute Gasteiger partial charge is 0.0614 e. The van der Waals surface area contributed by atoms with Crippen molar-refractivity contribution in [1.29, 1.82) is 0 Å². The van der Waals surface area contributed by atoms with E-state index in [4.69, 9.17) is 0 Å². The summed E-state index contributed by atoms with van der Waals surface area (Å²) < 4.78 is 3.44. The van der Waals surface area contributed by atoms with Gasteiger partial charge < -0.3 is 0 Å². The zero-order valence-corrected chi connectivity index (χ0v) is 17.8. The lowest BCUT2D eigenvalue weighted by Crippen LogP contribution is -1.78. The van der Waals surface area contributed by atoms with Crippen LogP contribution in [0.2, 0.25) is 0 Å². The third-order valence-electron chi connectivity index (χ3n) is 3.87. The van der Waals surface area contributed by atoms with Crippen LogP contribution in [0.5, 0.6) is 0 Å². The molecule has 0 aromatic heterocycles. The van der Waals surface area contributed by atoms with Crippen molar-refractivity contribution in [3.8, 4) is 0 Å². The van der Waals surface area contributed by atoms with E-state index in [9.17, 15) is 0 Å². The van der Waals surface area contributed by atoms with Crippen molar-refractivity contribution in [3.05, 3.63) is 91.8 Å². The number of rotatable bonds is 0. The molecular formula is C21H15Br3. The van der Waals surface area contributed by atoms with Gasteiger partial charge in [0.15, 0.2) is 0 Å². The molecular weight excluding hydrogens is 492 g/mol. The van der Waals surface area contributed by atoms with E-state index in [1.54, 1.807) is 0 Å². The van der Waals surface area contributed by atoms with E-state index in [2.05, 4.69) is 103 Å². The molecule has 0 nitrogen and oxygen atoms in total. The second-order valence-corrected chi connectivity index (χ2v) is 8.05. The zero-order chi connectivity index (χ0) is 17.1. The molecule has 0 unspecified atom stereocenters. The summed E-state index contributed by atoms with van der Waals surface area (Å²) >= 11 is 10.6. The Morgan fingerprint density at radius 1 is 0.500 bits per heavy atom.